The molecule has 0 radical (unpaired) electrons. The average molecular weight is 184 g/mol. The molecule has 1 N–H and O–H groups in total. The van der Waals surface area contributed by atoms with Gasteiger partial charge < -0.3 is 5.32 Å². The molecule has 1 heterocycles. The van der Waals surface area contributed by atoms with E-state index in [0.29, 0.717) is 6.54 Å². The van der Waals surface area contributed by atoms with Crippen LogP contribution in [0.1, 0.15) is 6.42 Å². The second-order valence-electron chi connectivity index (χ2n) is 2.32. The molecule has 0 saturated carbocycles. The van der Waals surface area contributed by atoms with Gasteiger partial charge in [-0.2, -0.15) is 0 Å². The summed E-state index contributed by atoms with van der Waals surface area (Å²) in [6, 6.07) is 0. The first-order valence-electron chi connectivity index (χ1n) is 3.40. The Kier molecular flexibility index (Phi) is 2.54. The fraction of sp³-hybridized carbons (Fsp3) is 0.286. The topological polar surface area (TPSA) is 49.4 Å². The lowest BCUT2D eigenvalue weighted by Crippen LogP contribution is -2.52. The zero-order chi connectivity index (χ0) is 9.14. The smallest absolute Gasteiger partial charge is 0.238 e. The van der Waals surface area contributed by atoms with Crippen molar-refractivity contribution >= 4 is 29.1 Å². The number of rotatable bonds is 2. The molecule has 1 rings (SSSR count). The van der Waals surface area contributed by atoms with Gasteiger partial charge in [-0.15, -0.1) is 6.58 Å². The summed E-state index contributed by atoms with van der Waals surface area (Å²) in [5.74, 6) is -0.617. The van der Waals surface area contributed by atoms with Gasteiger partial charge in [0.05, 0.1) is 0 Å². The van der Waals surface area contributed by atoms with Gasteiger partial charge in [-0.1, -0.05) is 6.08 Å². The van der Waals surface area contributed by atoms with Crippen molar-refractivity contribution in [2.45, 2.75) is 6.42 Å². The molecule has 0 aliphatic carbocycles. The number of carbonyl (C=O) groups excluding carboxylic acids is 2. The molecule has 0 bridgehead atoms. The van der Waals surface area contributed by atoms with E-state index in [1.165, 1.54) is 4.90 Å². The van der Waals surface area contributed by atoms with E-state index in [1.807, 2.05) is 0 Å². The van der Waals surface area contributed by atoms with Crippen LogP contribution in [-0.2, 0) is 9.59 Å². The molecule has 12 heavy (non-hydrogen) atoms. The predicted molar refractivity (Wildman–Crippen MR) is 47.3 cm³/mol. The lowest BCUT2D eigenvalue weighted by atomic mass is 10.3. The highest BCUT2D eigenvalue weighted by Gasteiger charge is 2.26. The monoisotopic (exact) mass is 184 g/mol. The van der Waals surface area contributed by atoms with E-state index in [2.05, 4.69) is 11.9 Å². The Bertz CT molecular complexity index is 242. The van der Waals surface area contributed by atoms with E-state index >= 15 is 0 Å². The van der Waals surface area contributed by atoms with E-state index < -0.39 is 0 Å². The Morgan fingerprint density at radius 2 is 2.33 bits per heavy atom. The molecule has 0 aromatic rings. The second-order valence-corrected chi connectivity index (χ2v) is 2.71. The van der Waals surface area contributed by atoms with Gasteiger partial charge in [0.25, 0.3) is 0 Å². The van der Waals surface area contributed by atoms with E-state index in [4.69, 9.17) is 12.2 Å². The summed E-state index contributed by atoms with van der Waals surface area (Å²) in [6.07, 6.45) is 1.43. The fourth-order valence-electron chi connectivity index (χ4n) is 0.891. The Hall–Kier alpha value is -1.23. The normalized spacial score (nSPS) is 17.7. The van der Waals surface area contributed by atoms with Crippen molar-refractivity contribution in [3.63, 3.8) is 0 Å². The first-order chi connectivity index (χ1) is 5.65. The predicted octanol–water partition coefficient (Wildman–Crippen LogP) is -0.194. The van der Waals surface area contributed by atoms with Crippen LogP contribution in [0.2, 0.25) is 0 Å². The van der Waals surface area contributed by atoms with Crippen molar-refractivity contribution in [2.75, 3.05) is 6.54 Å². The van der Waals surface area contributed by atoms with Gasteiger partial charge in [0.2, 0.25) is 11.8 Å². The standard InChI is InChI=1S/C7H8N2O2S/c1-2-3-9-6(11)4-5(10)8-7(9)12/h2H,1,3-4H2,(H,8,10,12). The van der Waals surface area contributed by atoms with Gasteiger partial charge in [0.1, 0.15) is 6.42 Å². The minimum Gasteiger partial charge on any atom is -0.302 e. The van der Waals surface area contributed by atoms with Crippen molar-refractivity contribution in [1.82, 2.24) is 10.2 Å². The maximum atomic E-state index is 11.1. The third-order valence-corrected chi connectivity index (χ3v) is 1.74. The Labute approximate surface area is 75.2 Å². The van der Waals surface area contributed by atoms with E-state index in [-0.39, 0.29) is 23.3 Å². The molecule has 0 unspecified atom stereocenters. The summed E-state index contributed by atoms with van der Waals surface area (Å²) < 4.78 is 0. The molecule has 1 aliphatic heterocycles. The minimum absolute atomic E-state index is 0.131. The summed E-state index contributed by atoms with van der Waals surface area (Å²) in [5, 5.41) is 2.56. The number of hydrogen-bond donors (Lipinski definition) is 1. The number of nitrogens with zero attached hydrogens (tertiary/aromatic N) is 1. The van der Waals surface area contributed by atoms with Crippen LogP contribution >= 0.6 is 12.2 Å². The number of carbonyl (C=O) groups is 2. The van der Waals surface area contributed by atoms with Crippen LogP contribution in [-0.4, -0.2) is 28.4 Å². The van der Waals surface area contributed by atoms with Crippen molar-refractivity contribution in [2.24, 2.45) is 0 Å². The maximum Gasteiger partial charge on any atom is 0.238 e. The molecule has 0 atom stereocenters. The zero-order valence-corrected chi connectivity index (χ0v) is 7.19. The molecule has 0 spiro atoms. The zero-order valence-electron chi connectivity index (χ0n) is 6.37. The van der Waals surface area contributed by atoms with Crippen molar-refractivity contribution < 1.29 is 9.59 Å². The molecule has 4 nitrogen and oxygen atoms in total. The first kappa shape index (κ1) is 8.86. The summed E-state index contributed by atoms with van der Waals surface area (Å²) in [6.45, 7) is 3.82. The highest BCUT2D eigenvalue weighted by atomic mass is 32.1. The number of hydrogen-bond acceptors (Lipinski definition) is 3. The van der Waals surface area contributed by atoms with Crippen LogP contribution in [0.25, 0.3) is 0 Å². The molecule has 64 valence electrons. The van der Waals surface area contributed by atoms with Gasteiger partial charge in [0, 0.05) is 6.54 Å². The average Bonchev–Trinajstić information content (AvgIpc) is 1.96. The Morgan fingerprint density at radius 1 is 1.67 bits per heavy atom. The number of amides is 2. The molecule has 1 fully saturated rings. The lowest BCUT2D eigenvalue weighted by Gasteiger charge is -2.25. The van der Waals surface area contributed by atoms with Crippen LogP contribution in [0.3, 0.4) is 0 Å². The van der Waals surface area contributed by atoms with Crippen LogP contribution in [0, 0.1) is 0 Å². The second kappa shape index (κ2) is 3.44. The van der Waals surface area contributed by atoms with Gasteiger partial charge >= 0.3 is 0 Å². The van der Waals surface area contributed by atoms with Crippen LogP contribution in [0.15, 0.2) is 12.7 Å². The van der Waals surface area contributed by atoms with Crippen molar-refractivity contribution in [3.8, 4) is 0 Å². The van der Waals surface area contributed by atoms with Crippen molar-refractivity contribution in [3.05, 3.63) is 12.7 Å². The number of thiocarbonyl (C=S) groups is 1. The minimum atomic E-state index is -0.342. The maximum absolute atomic E-state index is 11.1. The molecule has 0 aromatic heterocycles. The molecule has 0 aromatic carbocycles. The van der Waals surface area contributed by atoms with Crippen LogP contribution in [0.4, 0.5) is 0 Å². The van der Waals surface area contributed by atoms with E-state index in [9.17, 15) is 9.59 Å². The fourth-order valence-corrected chi connectivity index (χ4v) is 1.18. The van der Waals surface area contributed by atoms with Crippen molar-refractivity contribution in [1.29, 1.82) is 0 Å². The van der Waals surface area contributed by atoms with Crippen LogP contribution in [0.5, 0.6) is 0 Å². The van der Waals surface area contributed by atoms with E-state index in [1.54, 1.807) is 6.08 Å². The summed E-state index contributed by atoms with van der Waals surface area (Å²) in [5.41, 5.74) is 0. The third kappa shape index (κ3) is 1.68. The molecule has 2 amide bonds. The van der Waals surface area contributed by atoms with Gasteiger partial charge in [0.15, 0.2) is 5.11 Å². The highest BCUT2D eigenvalue weighted by molar-refractivity contribution is 7.80. The van der Waals surface area contributed by atoms with Gasteiger partial charge in [-0.25, -0.2) is 0 Å². The Morgan fingerprint density at radius 3 is 2.83 bits per heavy atom. The molecular weight excluding hydrogens is 176 g/mol. The molecule has 1 saturated heterocycles. The SMILES string of the molecule is C=CCN1C(=O)CC(=O)NC1=S. The highest BCUT2D eigenvalue weighted by Crippen LogP contribution is 2.02. The third-order valence-electron chi connectivity index (χ3n) is 1.42. The first-order valence-corrected chi connectivity index (χ1v) is 3.81. The van der Waals surface area contributed by atoms with Crippen LogP contribution < -0.4 is 5.32 Å². The van der Waals surface area contributed by atoms with Gasteiger partial charge in [-0.05, 0) is 12.2 Å². The molecule has 1 aliphatic rings. The van der Waals surface area contributed by atoms with E-state index in [0.717, 1.165) is 0 Å². The quantitative estimate of drug-likeness (QED) is 0.367. The number of nitrogens with one attached hydrogen (secondary N) is 1. The summed E-state index contributed by atoms with van der Waals surface area (Å²) in [4.78, 5) is 23.2. The van der Waals surface area contributed by atoms with Gasteiger partial charge in [-0.3, -0.25) is 14.5 Å². The summed E-state index contributed by atoms with van der Waals surface area (Å²) >= 11 is 4.77. The lowest BCUT2D eigenvalue weighted by molar-refractivity contribution is -0.134. The Balaban J connectivity index is 2.73. The summed E-state index contributed by atoms with van der Waals surface area (Å²) in [7, 11) is 0. The largest absolute Gasteiger partial charge is 0.302 e. The molecule has 5 heteroatoms. The molecular formula is C7H8N2O2S.